The summed E-state index contributed by atoms with van der Waals surface area (Å²) >= 11 is 13.1. The quantitative estimate of drug-likeness (QED) is 0.560. The maximum absolute atomic E-state index is 13.5. The van der Waals surface area contributed by atoms with Crippen LogP contribution in [0.25, 0.3) is 0 Å². The third-order valence-corrected chi connectivity index (χ3v) is 7.51. The zero-order chi connectivity index (χ0) is 23.1. The zero-order valence-electron chi connectivity index (χ0n) is 16.9. The van der Waals surface area contributed by atoms with Crippen molar-refractivity contribution in [2.45, 2.75) is 11.5 Å². The highest BCUT2D eigenvalue weighted by Gasteiger charge is 2.69. The summed E-state index contributed by atoms with van der Waals surface area (Å²) in [5, 5.41) is 13.4. The van der Waals surface area contributed by atoms with Crippen LogP contribution in [-0.2, 0) is 20.0 Å². The fourth-order valence-electron chi connectivity index (χ4n) is 5.59. The molecule has 4 aliphatic rings. The number of carbonyl (C=O) groups excluding carboxylic acids is 3. The van der Waals surface area contributed by atoms with Crippen molar-refractivity contribution in [2.75, 3.05) is 0 Å². The van der Waals surface area contributed by atoms with Gasteiger partial charge in [-0.1, -0.05) is 65.7 Å². The molecule has 2 atom stereocenters. The van der Waals surface area contributed by atoms with E-state index in [1.54, 1.807) is 54.6 Å². The molecule has 3 aromatic rings. The highest BCUT2D eigenvalue weighted by Crippen LogP contribution is 2.65. The minimum Gasteiger partial charge on any atom is -0.379 e. The smallest absolute Gasteiger partial charge is 0.363 e. The van der Waals surface area contributed by atoms with E-state index in [1.165, 1.54) is 12.1 Å². The summed E-state index contributed by atoms with van der Waals surface area (Å²) in [6.07, 6.45) is 0. The third-order valence-electron chi connectivity index (χ3n) is 6.85. The number of aliphatic hydroxyl groups is 1. The van der Waals surface area contributed by atoms with Crippen LogP contribution in [0.3, 0.4) is 0 Å². The van der Waals surface area contributed by atoms with Crippen molar-refractivity contribution in [1.82, 2.24) is 5.06 Å². The molecule has 7 rings (SSSR count). The highest BCUT2D eigenvalue weighted by molar-refractivity contribution is 6.33. The number of halogens is 2. The molecule has 0 radical (unpaired) electrons. The summed E-state index contributed by atoms with van der Waals surface area (Å²) < 4.78 is 0. The van der Waals surface area contributed by atoms with E-state index in [-0.39, 0.29) is 5.56 Å². The summed E-state index contributed by atoms with van der Waals surface area (Å²) in [5.74, 6) is -5.22. The Bertz CT molecular complexity index is 1320. The summed E-state index contributed by atoms with van der Waals surface area (Å²) in [6.45, 7) is 0. The minimum absolute atomic E-state index is 0.187. The Morgan fingerprint density at radius 1 is 0.848 bits per heavy atom. The fourth-order valence-corrected chi connectivity index (χ4v) is 6.18. The first kappa shape index (κ1) is 20.4. The predicted molar refractivity (Wildman–Crippen MR) is 118 cm³/mol. The Hall–Kier alpha value is -3.19. The van der Waals surface area contributed by atoms with E-state index in [0.29, 0.717) is 37.4 Å². The van der Waals surface area contributed by atoms with E-state index in [0.717, 1.165) is 0 Å². The molecule has 0 saturated carbocycles. The van der Waals surface area contributed by atoms with Crippen LogP contribution >= 0.6 is 23.2 Å². The number of carbonyl (C=O) groups is 3. The van der Waals surface area contributed by atoms with Gasteiger partial charge in [0, 0.05) is 16.0 Å². The van der Waals surface area contributed by atoms with E-state index >= 15 is 0 Å². The van der Waals surface area contributed by atoms with Crippen LogP contribution in [-0.4, -0.2) is 28.0 Å². The molecular formula is C25H15Cl2NO5. The summed E-state index contributed by atoms with van der Waals surface area (Å²) in [4.78, 5) is 44.9. The van der Waals surface area contributed by atoms with E-state index in [2.05, 4.69) is 0 Å². The molecule has 3 aliphatic carbocycles. The lowest BCUT2D eigenvalue weighted by Gasteiger charge is -2.51. The van der Waals surface area contributed by atoms with Crippen molar-refractivity contribution >= 4 is 41.0 Å². The van der Waals surface area contributed by atoms with Crippen molar-refractivity contribution < 1.29 is 24.3 Å². The number of hydroxylamine groups is 2. The molecule has 2 amide bonds. The van der Waals surface area contributed by atoms with Crippen LogP contribution < -0.4 is 0 Å². The van der Waals surface area contributed by atoms with Crippen LogP contribution in [0.4, 0.5) is 0 Å². The van der Waals surface area contributed by atoms with Crippen molar-refractivity contribution in [1.29, 1.82) is 0 Å². The average Bonchev–Trinajstić information content (AvgIpc) is 3.07. The molecule has 8 heteroatoms. The van der Waals surface area contributed by atoms with Gasteiger partial charge in [-0.15, -0.1) is 5.06 Å². The van der Waals surface area contributed by atoms with Crippen LogP contribution in [0.1, 0.15) is 38.5 Å². The van der Waals surface area contributed by atoms with Gasteiger partial charge in [0.2, 0.25) is 0 Å². The second kappa shape index (κ2) is 6.90. The molecule has 0 spiro atoms. The third kappa shape index (κ3) is 2.51. The molecule has 2 bridgehead atoms. The monoisotopic (exact) mass is 479 g/mol. The number of rotatable bonds is 2. The molecular weight excluding hydrogens is 465 g/mol. The van der Waals surface area contributed by atoms with Gasteiger partial charge in [0.15, 0.2) is 0 Å². The molecule has 1 fully saturated rings. The Labute approximate surface area is 198 Å². The lowest BCUT2D eigenvalue weighted by Crippen LogP contribution is -2.53. The van der Waals surface area contributed by atoms with Crippen molar-refractivity contribution in [3.8, 4) is 0 Å². The molecule has 1 saturated heterocycles. The molecule has 3 aromatic carbocycles. The fraction of sp³-hybridized carbons (Fsp3) is 0.160. The molecule has 0 unspecified atom stereocenters. The van der Waals surface area contributed by atoms with Crippen LogP contribution in [0.2, 0.25) is 10.0 Å². The first-order chi connectivity index (χ1) is 15.9. The SMILES string of the molecule is O=C(ON1C(=O)[C@H]2C3c4c(Cl)cccc4C(O)(c4cccc(Cl)c43)[C@H]2C1=O)c1ccccc1. The molecule has 164 valence electrons. The minimum atomic E-state index is -1.86. The average molecular weight is 480 g/mol. The first-order valence-electron chi connectivity index (χ1n) is 10.3. The highest BCUT2D eigenvalue weighted by atomic mass is 35.5. The van der Waals surface area contributed by atoms with Crippen LogP contribution in [0.15, 0.2) is 66.7 Å². The molecule has 6 nitrogen and oxygen atoms in total. The lowest BCUT2D eigenvalue weighted by atomic mass is 9.52. The molecule has 1 aliphatic heterocycles. The maximum Gasteiger partial charge on any atom is 0.363 e. The summed E-state index contributed by atoms with van der Waals surface area (Å²) in [5.41, 5.74) is 0.344. The number of nitrogens with zero attached hydrogens (tertiary/aromatic N) is 1. The molecule has 0 aromatic heterocycles. The second-order valence-corrected chi connectivity index (χ2v) is 9.18. The van der Waals surface area contributed by atoms with Crippen molar-refractivity contribution in [3.63, 3.8) is 0 Å². The number of hydrogen-bond donors (Lipinski definition) is 1. The molecule has 33 heavy (non-hydrogen) atoms. The summed E-state index contributed by atoms with van der Waals surface area (Å²) in [6, 6.07) is 18.2. The maximum atomic E-state index is 13.5. The number of amides is 2. The normalized spacial score (nSPS) is 26.6. The van der Waals surface area contributed by atoms with Gasteiger partial charge in [-0.05, 0) is 46.5 Å². The van der Waals surface area contributed by atoms with Gasteiger partial charge in [0.25, 0.3) is 11.8 Å². The van der Waals surface area contributed by atoms with Gasteiger partial charge < -0.3 is 9.94 Å². The number of benzene rings is 3. The Morgan fingerprint density at radius 2 is 1.42 bits per heavy atom. The summed E-state index contributed by atoms with van der Waals surface area (Å²) in [7, 11) is 0. The number of hydrogen-bond acceptors (Lipinski definition) is 5. The molecule has 1 N–H and O–H groups in total. The van der Waals surface area contributed by atoms with E-state index in [4.69, 9.17) is 28.0 Å². The van der Waals surface area contributed by atoms with Gasteiger partial charge in [-0.3, -0.25) is 9.59 Å². The second-order valence-electron chi connectivity index (χ2n) is 8.37. The van der Waals surface area contributed by atoms with Gasteiger partial charge >= 0.3 is 5.97 Å². The van der Waals surface area contributed by atoms with E-state index in [1.807, 2.05) is 0 Å². The number of imide groups is 1. The van der Waals surface area contributed by atoms with Gasteiger partial charge in [0.05, 0.1) is 17.4 Å². The van der Waals surface area contributed by atoms with Gasteiger partial charge in [-0.2, -0.15) is 0 Å². The van der Waals surface area contributed by atoms with Crippen LogP contribution in [0, 0.1) is 11.8 Å². The van der Waals surface area contributed by atoms with Gasteiger partial charge in [0.1, 0.15) is 5.60 Å². The molecule has 1 heterocycles. The Balaban J connectivity index is 1.52. The largest absolute Gasteiger partial charge is 0.379 e. The Morgan fingerprint density at radius 3 is 2.00 bits per heavy atom. The Kier molecular flexibility index (Phi) is 4.27. The van der Waals surface area contributed by atoms with E-state index in [9.17, 15) is 19.5 Å². The first-order valence-corrected chi connectivity index (χ1v) is 11.1. The lowest BCUT2D eigenvalue weighted by molar-refractivity contribution is -0.175. The predicted octanol–water partition coefficient (Wildman–Crippen LogP) is 4.06. The van der Waals surface area contributed by atoms with Crippen molar-refractivity contribution in [3.05, 3.63) is 105 Å². The van der Waals surface area contributed by atoms with Crippen molar-refractivity contribution in [2.24, 2.45) is 11.8 Å². The van der Waals surface area contributed by atoms with E-state index < -0.39 is 41.1 Å². The van der Waals surface area contributed by atoms with Crippen LogP contribution in [0.5, 0.6) is 0 Å². The topological polar surface area (TPSA) is 83.9 Å². The standard InChI is InChI=1S/C25H15Cl2NO5/c26-15-10-4-8-13-17(15)19-18-14(9-5-11-16(18)27)25(13,32)21-20(19)22(29)28(23(21)30)33-24(31)12-6-2-1-3-7-12/h1-11,19-21,32H/t19?,20-,21+,25?/m0/s1. The van der Waals surface area contributed by atoms with Gasteiger partial charge in [-0.25, -0.2) is 4.79 Å². The zero-order valence-corrected chi connectivity index (χ0v) is 18.4.